The summed E-state index contributed by atoms with van der Waals surface area (Å²) in [7, 11) is 1.66. The molecular weight excluding hydrogens is 254 g/mol. The molecular formula is C15H19N3O2. The number of methoxy groups -OCH3 is 1. The van der Waals surface area contributed by atoms with Gasteiger partial charge in [-0.25, -0.2) is 0 Å². The van der Waals surface area contributed by atoms with Crippen molar-refractivity contribution >= 4 is 0 Å². The standard InChI is InChI=1S/C15H19N3O2/c1-19-13-6-2-11(3-7-13)10-15-18-17-14(20-15)8-9-16-12-4-5-12/h2-3,6-7,12,16H,4-5,8-10H2,1H3. The molecule has 5 heteroatoms. The molecule has 1 aliphatic rings. The molecule has 0 bridgehead atoms. The highest BCUT2D eigenvalue weighted by atomic mass is 16.5. The van der Waals surface area contributed by atoms with E-state index in [0.717, 1.165) is 30.3 Å². The van der Waals surface area contributed by atoms with Gasteiger partial charge in [0, 0.05) is 19.0 Å². The van der Waals surface area contributed by atoms with Crippen LogP contribution in [-0.4, -0.2) is 29.9 Å². The fourth-order valence-corrected chi connectivity index (χ4v) is 2.05. The molecule has 1 fully saturated rings. The molecule has 0 aliphatic heterocycles. The fourth-order valence-electron chi connectivity index (χ4n) is 2.05. The van der Waals surface area contributed by atoms with E-state index in [1.807, 2.05) is 24.3 Å². The molecule has 5 nitrogen and oxygen atoms in total. The number of ether oxygens (including phenoxy) is 1. The lowest BCUT2D eigenvalue weighted by Crippen LogP contribution is -2.19. The molecule has 0 amide bonds. The van der Waals surface area contributed by atoms with E-state index in [2.05, 4.69) is 15.5 Å². The lowest BCUT2D eigenvalue weighted by Gasteiger charge is -2.01. The zero-order chi connectivity index (χ0) is 13.8. The minimum Gasteiger partial charge on any atom is -0.497 e. The number of hydrogen-bond acceptors (Lipinski definition) is 5. The van der Waals surface area contributed by atoms with Crippen LogP contribution >= 0.6 is 0 Å². The average molecular weight is 273 g/mol. The predicted molar refractivity (Wildman–Crippen MR) is 74.8 cm³/mol. The summed E-state index contributed by atoms with van der Waals surface area (Å²) in [4.78, 5) is 0. The van der Waals surface area contributed by atoms with Crippen LogP contribution in [0.1, 0.15) is 30.2 Å². The summed E-state index contributed by atoms with van der Waals surface area (Å²) in [6.07, 6.45) is 4.05. The summed E-state index contributed by atoms with van der Waals surface area (Å²) in [6.45, 7) is 0.912. The molecule has 0 spiro atoms. The Kier molecular flexibility index (Phi) is 3.97. The van der Waals surface area contributed by atoms with E-state index in [1.54, 1.807) is 7.11 Å². The minimum atomic E-state index is 0.660. The molecule has 106 valence electrons. The third-order valence-corrected chi connectivity index (χ3v) is 3.37. The first-order valence-corrected chi connectivity index (χ1v) is 7.01. The van der Waals surface area contributed by atoms with Crippen molar-refractivity contribution < 1.29 is 9.15 Å². The zero-order valence-electron chi connectivity index (χ0n) is 11.6. The van der Waals surface area contributed by atoms with Crippen LogP contribution in [-0.2, 0) is 12.8 Å². The second-order valence-electron chi connectivity index (χ2n) is 5.09. The lowest BCUT2D eigenvalue weighted by atomic mass is 10.1. The van der Waals surface area contributed by atoms with Crippen molar-refractivity contribution in [3.05, 3.63) is 41.6 Å². The Bertz CT molecular complexity index is 547. The smallest absolute Gasteiger partial charge is 0.220 e. The van der Waals surface area contributed by atoms with Crippen LogP contribution in [0.5, 0.6) is 5.75 Å². The summed E-state index contributed by atoms with van der Waals surface area (Å²) >= 11 is 0. The molecule has 1 heterocycles. The first kappa shape index (κ1) is 13.1. The minimum absolute atomic E-state index is 0.660. The Balaban J connectivity index is 1.52. The average Bonchev–Trinajstić information content (AvgIpc) is 3.19. The second-order valence-corrected chi connectivity index (χ2v) is 5.09. The maximum absolute atomic E-state index is 5.65. The maximum atomic E-state index is 5.65. The van der Waals surface area contributed by atoms with Gasteiger partial charge in [-0.05, 0) is 30.5 Å². The summed E-state index contributed by atoms with van der Waals surface area (Å²) in [5, 5.41) is 11.6. The van der Waals surface area contributed by atoms with Gasteiger partial charge in [-0.15, -0.1) is 10.2 Å². The molecule has 1 saturated carbocycles. The first-order valence-electron chi connectivity index (χ1n) is 7.01. The topological polar surface area (TPSA) is 60.2 Å². The van der Waals surface area contributed by atoms with Gasteiger partial charge in [0.1, 0.15) is 5.75 Å². The third kappa shape index (κ3) is 3.57. The molecule has 0 unspecified atom stereocenters. The molecule has 20 heavy (non-hydrogen) atoms. The van der Waals surface area contributed by atoms with Gasteiger partial charge in [0.25, 0.3) is 0 Å². The molecule has 0 saturated heterocycles. The molecule has 1 aromatic heterocycles. The molecule has 1 aliphatic carbocycles. The van der Waals surface area contributed by atoms with Gasteiger partial charge in [0.05, 0.1) is 13.5 Å². The zero-order valence-corrected chi connectivity index (χ0v) is 11.6. The van der Waals surface area contributed by atoms with Crippen LogP contribution in [0.25, 0.3) is 0 Å². The largest absolute Gasteiger partial charge is 0.497 e. The van der Waals surface area contributed by atoms with Crippen LogP contribution in [0.2, 0.25) is 0 Å². The Hall–Kier alpha value is -1.88. The van der Waals surface area contributed by atoms with Gasteiger partial charge < -0.3 is 14.5 Å². The fraction of sp³-hybridized carbons (Fsp3) is 0.467. The van der Waals surface area contributed by atoms with Crippen LogP contribution in [0.4, 0.5) is 0 Å². The second kappa shape index (κ2) is 6.05. The number of hydrogen-bond donors (Lipinski definition) is 1. The van der Waals surface area contributed by atoms with Gasteiger partial charge in [0.15, 0.2) is 0 Å². The van der Waals surface area contributed by atoms with E-state index >= 15 is 0 Å². The van der Waals surface area contributed by atoms with Gasteiger partial charge in [-0.2, -0.15) is 0 Å². The molecule has 3 rings (SSSR count). The van der Waals surface area contributed by atoms with Crippen molar-refractivity contribution in [2.75, 3.05) is 13.7 Å². The van der Waals surface area contributed by atoms with E-state index in [0.29, 0.717) is 18.2 Å². The van der Waals surface area contributed by atoms with Gasteiger partial charge in [0.2, 0.25) is 11.8 Å². The van der Waals surface area contributed by atoms with Crippen LogP contribution in [0, 0.1) is 0 Å². The number of benzene rings is 1. The summed E-state index contributed by atoms with van der Waals surface area (Å²) < 4.78 is 10.8. The summed E-state index contributed by atoms with van der Waals surface area (Å²) in [6, 6.07) is 8.62. The highest BCUT2D eigenvalue weighted by Crippen LogP contribution is 2.18. The molecule has 0 radical (unpaired) electrons. The Morgan fingerprint density at radius 1 is 1.20 bits per heavy atom. The Labute approximate surface area is 118 Å². The van der Waals surface area contributed by atoms with Crippen molar-refractivity contribution in [2.45, 2.75) is 31.7 Å². The van der Waals surface area contributed by atoms with Crippen molar-refractivity contribution in [1.29, 1.82) is 0 Å². The van der Waals surface area contributed by atoms with Gasteiger partial charge in [-0.1, -0.05) is 12.1 Å². The van der Waals surface area contributed by atoms with Crippen LogP contribution in [0.3, 0.4) is 0 Å². The SMILES string of the molecule is COc1ccc(Cc2nnc(CCNC3CC3)o2)cc1. The monoisotopic (exact) mass is 273 g/mol. The van der Waals surface area contributed by atoms with Gasteiger partial charge >= 0.3 is 0 Å². The summed E-state index contributed by atoms with van der Waals surface area (Å²) in [5.41, 5.74) is 1.14. The van der Waals surface area contributed by atoms with E-state index < -0.39 is 0 Å². The van der Waals surface area contributed by atoms with E-state index in [1.165, 1.54) is 12.8 Å². The van der Waals surface area contributed by atoms with Crippen LogP contribution < -0.4 is 10.1 Å². The van der Waals surface area contributed by atoms with Gasteiger partial charge in [-0.3, -0.25) is 0 Å². The van der Waals surface area contributed by atoms with Crippen molar-refractivity contribution in [3.8, 4) is 5.75 Å². The highest BCUT2D eigenvalue weighted by molar-refractivity contribution is 5.28. The van der Waals surface area contributed by atoms with Crippen LogP contribution in [0.15, 0.2) is 28.7 Å². The lowest BCUT2D eigenvalue weighted by molar-refractivity contribution is 0.414. The molecule has 0 atom stereocenters. The normalized spacial score (nSPS) is 14.4. The Morgan fingerprint density at radius 3 is 2.65 bits per heavy atom. The number of nitrogens with zero attached hydrogens (tertiary/aromatic N) is 2. The first-order chi connectivity index (χ1) is 9.83. The molecule has 1 N–H and O–H groups in total. The van der Waals surface area contributed by atoms with E-state index in [4.69, 9.17) is 9.15 Å². The summed E-state index contributed by atoms with van der Waals surface area (Å²) in [5.74, 6) is 2.23. The number of rotatable bonds is 7. The highest BCUT2D eigenvalue weighted by Gasteiger charge is 2.20. The number of aromatic nitrogens is 2. The maximum Gasteiger partial charge on any atom is 0.220 e. The van der Waals surface area contributed by atoms with Crippen molar-refractivity contribution in [1.82, 2.24) is 15.5 Å². The third-order valence-electron chi connectivity index (χ3n) is 3.37. The predicted octanol–water partition coefficient (Wildman–Crippen LogP) is 1.96. The quantitative estimate of drug-likeness (QED) is 0.835. The van der Waals surface area contributed by atoms with E-state index in [9.17, 15) is 0 Å². The Morgan fingerprint density at radius 2 is 1.95 bits per heavy atom. The van der Waals surface area contributed by atoms with Crippen molar-refractivity contribution in [2.24, 2.45) is 0 Å². The van der Waals surface area contributed by atoms with E-state index in [-0.39, 0.29) is 0 Å². The number of nitrogens with one attached hydrogen (secondary N) is 1. The van der Waals surface area contributed by atoms with Crippen molar-refractivity contribution in [3.63, 3.8) is 0 Å². The molecule has 1 aromatic carbocycles. The molecule has 2 aromatic rings.